The maximum Gasteiger partial charge on any atom is 0.244 e. The Labute approximate surface area is 178 Å². The smallest absolute Gasteiger partial charge is 0.244 e. The molecule has 1 aliphatic rings. The van der Waals surface area contributed by atoms with Crippen LogP contribution in [0.4, 0.5) is 0 Å². The number of ether oxygens (including phenoxy) is 1. The highest BCUT2D eigenvalue weighted by Gasteiger charge is 2.35. The van der Waals surface area contributed by atoms with E-state index in [1.807, 2.05) is 43.3 Å². The lowest BCUT2D eigenvalue weighted by molar-refractivity contribution is 0.379. The molecule has 0 saturated heterocycles. The first-order chi connectivity index (χ1) is 14.6. The summed E-state index contributed by atoms with van der Waals surface area (Å²) >= 11 is 6.41. The highest BCUT2D eigenvalue weighted by Crippen LogP contribution is 2.45. The van der Waals surface area contributed by atoms with Gasteiger partial charge >= 0.3 is 0 Å². The standard InChI is InChI=1S/C23H18ClN5O/c1-13-20-21(16(10-25)22(26)30-23(20)28-27-13)17-12-29(19-9-5-3-7-15(17)19)11-14-6-2-4-8-18(14)24/h2-9,12,21H,11,26H2,1H3,(H,27,28). The Morgan fingerprint density at radius 2 is 2.00 bits per heavy atom. The highest BCUT2D eigenvalue weighted by atomic mass is 35.5. The first kappa shape index (κ1) is 18.3. The number of hydrogen-bond donors (Lipinski definition) is 2. The first-order valence-corrected chi connectivity index (χ1v) is 9.90. The van der Waals surface area contributed by atoms with Gasteiger partial charge in [-0.3, -0.25) is 5.10 Å². The van der Waals surface area contributed by atoms with Crippen molar-refractivity contribution in [3.8, 4) is 11.9 Å². The summed E-state index contributed by atoms with van der Waals surface area (Å²) in [5.74, 6) is 0.135. The van der Waals surface area contributed by atoms with Gasteiger partial charge in [0.2, 0.25) is 11.8 Å². The summed E-state index contributed by atoms with van der Waals surface area (Å²) in [6.07, 6.45) is 2.07. The number of nitriles is 1. The molecule has 0 aliphatic carbocycles. The van der Waals surface area contributed by atoms with E-state index < -0.39 is 0 Å². The van der Waals surface area contributed by atoms with Crippen LogP contribution in [0.25, 0.3) is 10.9 Å². The van der Waals surface area contributed by atoms with Gasteiger partial charge in [-0.05, 0) is 30.2 Å². The maximum atomic E-state index is 9.87. The van der Waals surface area contributed by atoms with Gasteiger partial charge in [0.1, 0.15) is 11.6 Å². The number of halogens is 1. The number of aryl methyl sites for hydroxylation is 1. The molecule has 7 heteroatoms. The second kappa shape index (κ2) is 6.97. The summed E-state index contributed by atoms with van der Waals surface area (Å²) in [7, 11) is 0. The number of rotatable bonds is 3. The molecule has 1 unspecified atom stereocenters. The molecule has 0 radical (unpaired) electrons. The number of para-hydroxylation sites is 1. The lowest BCUT2D eigenvalue weighted by atomic mass is 9.84. The normalized spacial score (nSPS) is 15.7. The Morgan fingerprint density at radius 1 is 1.23 bits per heavy atom. The Bertz CT molecular complexity index is 1360. The number of aromatic amines is 1. The van der Waals surface area contributed by atoms with Gasteiger partial charge in [-0.25, -0.2) is 0 Å². The van der Waals surface area contributed by atoms with Crippen molar-refractivity contribution < 1.29 is 4.74 Å². The molecule has 0 bridgehead atoms. The molecule has 1 aliphatic heterocycles. The number of nitrogens with zero attached hydrogens (tertiary/aromatic N) is 3. The van der Waals surface area contributed by atoms with Gasteiger partial charge < -0.3 is 15.0 Å². The Hall–Kier alpha value is -3.69. The summed E-state index contributed by atoms with van der Waals surface area (Å²) in [6, 6.07) is 18.2. The van der Waals surface area contributed by atoms with Gasteiger partial charge in [0.25, 0.3) is 0 Å². The van der Waals surface area contributed by atoms with Crippen molar-refractivity contribution in [3.63, 3.8) is 0 Å². The van der Waals surface area contributed by atoms with Crippen molar-refractivity contribution in [3.05, 3.63) is 93.6 Å². The Morgan fingerprint density at radius 3 is 2.80 bits per heavy atom. The van der Waals surface area contributed by atoms with Crippen LogP contribution in [-0.2, 0) is 6.54 Å². The Balaban J connectivity index is 1.73. The van der Waals surface area contributed by atoms with E-state index in [0.717, 1.165) is 38.3 Å². The third-order valence-electron chi connectivity index (χ3n) is 5.56. The predicted molar refractivity (Wildman–Crippen MR) is 115 cm³/mol. The van der Waals surface area contributed by atoms with Crippen LogP contribution in [0.3, 0.4) is 0 Å². The summed E-state index contributed by atoms with van der Waals surface area (Å²) < 4.78 is 7.76. The van der Waals surface area contributed by atoms with Crippen LogP contribution in [0.5, 0.6) is 5.88 Å². The number of nitrogens with two attached hydrogens (primary N) is 1. The first-order valence-electron chi connectivity index (χ1n) is 9.52. The average molecular weight is 416 g/mol. The Kier molecular flexibility index (Phi) is 4.27. The third-order valence-corrected chi connectivity index (χ3v) is 5.93. The van der Waals surface area contributed by atoms with E-state index in [4.69, 9.17) is 22.1 Å². The molecular formula is C23H18ClN5O. The largest absolute Gasteiger partial charge is 0.420 e. The monoisotopic (exact) mass is 415 g/mol. The van der Waals surface area contributed by atoms with Crippen LogP contribution in [0.1, 0.15) is 28.3 Å². The van der Waals surface area contributed by atoms with E-state index in [1.165, 1.54) is 0 Å². The SMILES string of the molecule is Cc1[nH]nc2c1C(c1cn(Cc3ccccc3Cl)c3ccccc13)C(C#N)=C(N)O2. The molecule has 30 heavy (non-hydrogen) atoms. The number of H-pyrrole nitrogens is 1. The number of benzene rings is 2. The van der Waals surface area contributed by atoms with E-state index in [9.17, 15) is 5.26 Å². The summed E-state index contributed by atoms with van der Waals surface area (Å²) in [4.78, 5) is 0. The lowest BCUT2D eigenvalue weighted by Crippen LogP contribution is -2.21. The fourth-order valence-electron chi connectivity index (χ4n) is 4.16. The molecule has 0 fully saturated rings. The second-order valence-electron chi connectivity index (χ2n) is 7.31. The molecular weight excluding hydrogens is 398 g/mol. The van der Waals surface area contributed by atoms with Crippen molar-refractivity contribution in [2.75, 3.05) is 0 Å². The molecule has 6 nitrogen and oxygen atoms in total. The van der Waals surface area contributed by atoms with Gasteiger partial charge in [-0.15, -0.1) is 5.10 Å². The van der Waals surface area contributed by atoms with Crippen LogP contribution in [0.2, 0.25) is 5.02 Å². The minimum atomic E-state index is -0.366. The van der Waals surface area contributed by atoms with Crippen molar-refractivity contribution in [2.24, 2.45) is 5.73 Å². The zero-order valence-electron chi connectivity index (χ0n) is 16.2. The molecule has 2 aromatic heterocycles. The lowest BCUT2D eigenvalue weighted by Gasteiger charge is -2.23. The van der Waals surface area contributed by atoms with Crippen LogP contribution in [0, 0.1) is 18.3 Å². The molecule has 0 spiro atoms. The number of allylic oxidation sites excluding steroid dienone is 1. The summed E-state index contributed by atoms with van der Waals surface area (Å²) in [6.45, 7) is 2.53. The van der Waals surface area contributed by atoms with Gasteiger partial charge in [0.05, 0.1) is 5.92 Å². The van der Waals surface area contributed by atoms with E-state index in [1.54, 1.807) is 0 Å². The minimum absolute atomic E-state index is 0.0874. The van der Waals surface area contributed by atoms with Gasteiger partial charge in [0, 0.05) is 39.9 Å². The molecule has 3 N–H and O–H groups in total. The topological polar surface area (TPSA) is 92.7 Å². The minimum Gasteiger partial charge on any atom is -0.420 e. The van der Waals surface area contributed by atoms with Crippen LogP contribution >= 0.6 is 11.6 Å². The van der Waals surface area contributed by atoms with Gasteiger partial charge in [-0.2, -0.15) is 5.26 Å². The summed E-state index contributed by atoms with van der Waals surface area (Å²) in [5, 5.41) is 18.8. The predicted octanol–water partition coefficient (Wildman–Crippen LogP) is 4.59. The third kappa shape index (κ3) is 2.75. The van der Waals surface area contributed by atoms with Crippen molar-refractivity contribution in [2.45, 2.75) is 19.4 Å². The number of fused-ring (bicyclic) bond motifs is 2. The van der Waals surface area contributed by atoms with Crippen molar-refractivity contribution in [1.29, 1.82) is 5.26 Å². The zero-order valence-corrected chi connectivity index (χ0v) is 16.9. The highest BCUT2D eigenvalue weighted by molar-refractivity contribution is 6.31. The molecule has 0 saturated carbocycles. The molecule has 148 valence electrons. The van der Waals surface area contributed by atoms with Crippen LogP contribution in [0.15, 0.2) is 66.2 Å². The fourth-order valence-corrected chi connectivity index (χ4v) is 4.35. The average Bonchev–Trinajstić information content (AvgIpc) is 3.29. The maximum absolute atomic E-state index is 9.87. The molecule has 2 aromatic carbocycles. The zero-order chi connectivity index (χ0) is 20.8. The van der Waals surface area contributed by atoms with Gasteiger partial charge in [-0.1, -0.05) is 48.0 Å². The van der Waals surface area contributed by atoms with Crippen molar-refractivity contribution >= 4 is 22.5 Å². The molecule has 1 atom stereocenters. The van der Waals surface area contributed by atoms with Gasteiger partial charge in [0.15, 0.2) is 0 Å². The molecule has 5 rings (SSSR count). The number of nitrogens with one attached hydrogen (secondary N) is 1. The quantitative estimate of drug-likeness (QED) is 0.511. The van der Waals surface area contributed by atoms with E-state index in [-0.39, 0.29) is 11.8 Å². The fraction of sp³-hybridized carbons (Fsp3) is 0.130. The van der Waals surface area contributed by atoms with Crippen LogP contribution in [-0.4, -0.2) is 14.8 Å². The number of hydrogen-bond acceptors (Lipinski definition) is 4. The van der Waals surface area contributed by atoms with E-state index in [0.29, 0.717) is 18.0 Å². The van der Waals surface area contributed by atoms with E-state index >= 15 is 0 Å². The summed E-state index contributed by atoms with van der Waals surface area (Å²) in [5.41, 5.74) is 11.2. The van der Waals surface area contributed by atoms with Crippen molar-refractivity contribution in [1.82, 2.24) is 14.8 Å². The molecule has 4 aromatic rings. The van der Waals surface area contributed by atoms with Crippen LogP contribution < -0.4 is 10.5 Å². The number of aromatic nitrogens is 3. The molecule has 0 amide bonds. The second-order valence-corrected chi connectivity index (χ2v) is 7.72. The van der Waals surface area contributed by atoms with E-state index in [2.05, 4.69) is 39.2 Å². The molecule has 3 heterocycles.